The Morgan fingerprint density at radius 3 is 3.00 bits per heavy atom. The van der Waals surface area contributed by atoms with Crippen LogP contribution in [0.25, 0.3) is 32.9 Å². The maximum Gasteiger partial charge on any atom is 0.319 e. The quantitative estimate of drug-likeness (QED) is 0.196. The Morgan fingerprint density at radius 2 is 2.14 bits per heavy atom. The second-order valence-electron chi connectivity index (χ2n) is 11.9. The Hall–Kier alpha value is -3.29. The highest BCUT2D eigenvalue weighted by Gasteiger charge is 2.55. The van der Waals surface area contributed by atoms with Crippen molar-refractivity contribution in [3.63, 3.8) is 0 Å². The van der Waals surface area contributed by atoms with Crippen molar-refractivity contribution >= 4 is 50.7 Å². The number of hydrogen-bond donors (Lipinski definition) is 0. The van der Waals surface area contributed by atoms with E-state index in [2.05, 4.69) is 20.9 Å². The van der Waals surface area contributed by atoms with Gasteiger partial charge in [-0.25, -0.2) is 8.78 Å². The highest BCUT2D eigenvalue weighted by atomic mass is 35.5. The molecule has 5 heterocycles. The maximum absolute atomic E-state index is 16.9. The SMILES string of the molecule is [2H]C([2H])(Oc1nc(N2CCOC[C@H]3[C@H](Cl)[C@H]32)c2cnc(-c3cccc4ccc(Cl)c(C#C)c34)c(F)c2n1)[C@@]12CCCN1C[C@H](F)C2. The Balaban J connectivity index is 1.31. The zero-order chi connectivity index (χ0) is 32.0. The van der Waals surface area contributed by atoms with E-state index in [1.54, 1.807) is 18.2 Å². The lowest BCUT2D eigenvalue weighted by Crippen LogP contribution is -2.43. The number of terminal acetylenes is 1. The van der Waals surface area contributed by atoms with E-state index in [0.717, 1.165) is 5.39 Å². The first-order valence-corrected chi connectivity index (χ1v) is 15.6. The van der Waals surface area contributed by atoms with Gasteiger partial charge in [0, 0.05) is 42.6 Å². The molecule has 1 saturated carbocycles. The summed E-state index contributed by atoms with van der Waals surface area (Å²) in [5, 5.41) is 1.80. The Morgan fingerprint density at radius 1 is 1.25 bits per heavy atom. The number of halogens is 4. The van der Waals surface area contributed by atoms with Gasteiger partial charge in [0.05, 0.1) is 48.9 Å². The number of nitrogens with zero attached hydrogens (tertiary/aromatic N) is 5. The van der Waals surface area contributed by atoms with Crippen LogP contribution in [0.2, 0.25) is 5.02 Å². The lowest BCUT2D eigenvalue weighted by atomic mass is 9.95. The highest BCUT2D eigenvalue weighted by Crippen LogP contribution is 2.46. The number of fused-ring (bicyclic) bond motifs is 4. The normalized spacial score (nSPS) is 29.1. The van der Waals surface area contributed by atoms with E-state index in [0.29, 0.717) is 71.9 Å². The van der Waals surface area contributed by atoms with Crippen molar-refractivity contribution < 1.29 is 21.0 Å². The van der Waals surface area contributed by atoms with Gasteiger partial charge in [0.1, 0.15) is 29.8 Å². The lowest BCUT2D eigenvalue weighted by Gasteiger charge is -2.31. The Labute approximate surface area is 266 Å². The van der Waals surface area contributed by atoms with Crippen LogP contribution < -0.4 is 9.64 Å². The number of benzene rings is 2. The first kappa shape index (κ1) is 26.0. The van der Waals surface area contributed by atoms with Crippen molar-refractivity contribution in [2.75, 3.05) is 44.3 Å². The number of aromatic nitrogens is 3. The van der Waals surface area contributed by atoms with Gasteiger partial charge in [-0.3, -0.25) is 9.88 Å². The number of anilines is 1. The second kappa shape index (κ2) is 10.7. The molecule has 7 nitrogen and oxygen atoms in total. The molecular formula is C33H29Cl2F2N5O2. The monoisotopic (exact) mass is 637 g/mol. The molecule has 0 unspecified atom stereocenters. The van der Waals surface area contributed by atoms with Crippen LogP contribution in [0.4, 0.5) is 14.6 Å². The van der Waals surface area contributed by atoms with Crippen molar-refractivity contribution in [1.29, 1.82) is 0 Å². The first-order chi connectivity index (χ1) is 22.1. The molecule has 3 aliphatic heterocycles. The van der Waals surface area contributed by atoms with Gasteiger partial charge in [-0.15, -0.1) is 18.0 Å². The predicted octanol–water partition coefficient (Wildman–Crippen LogP) is 6.02. The van der Waals surface area contributed by atoms with Crippen molar-refractivity contribution in [3.8, 4) is 29.6 Å². The van der Waals surface area contributed by atoms with E-state index in [1.807, 2.05) is 21.9 Å². The van der Waals surface area contributed by atoms with E-state index < -0.39 is 24.1 Å². The van der Waals surface area contributed by atoms with Crippen LogP contribution in [0.15, 0.2) is 36.5 Å². The van der Waals surface area contributed by atoms with Gasteiger partial charge in [-0.1, -0.05) is 41.8 Å². The fourth-order valence-corrected chi connectivity index (χ4v) is 7.93. The van der Waals surface area contributed by atoms with Gasteiger partial charge < -0.3 is 14.4 Å². The summed E-state index contributed by atoms with van der Waals surface area (Å²) in [6.07, 6.45) is 7.30. The third-order valence-electron chi connectivity index (χ3n) is 9.42. The minimum atomic E-state index is -2.37. The molecule has 5 atom stereocenters. The summed E-state index contributed by atoms with van der Waals surface area (Å²) < 4.78 is 61.4. The van der Waals surface area contributed by atoms with E-state index in [9.17, 15) is 4.39 Å². The number of alkyl halides is 2. The molecule has 11 heteroatoms. The van der Waals surface area contributed by atoms with E-state index >= 15 is 4.39 Å². The topological polar surface area (TPSA) is 63.6 Å². The molecule has 2 aromatic carbocycles. The van der Waals surface area contributed by atoms with Gasteiger partial charge in [-0.2, -0.15) is 9.97 Å². The Kier molecular flexibility index (Phi) is 6.29. The van der Waals surface area contributed by atoms with Crippen LogP contribution in [0, 0.1) is 24.1 Å². The summed E-state index contributed by atoms with van der Waals surface area (Å²) >= 11 is 13.1. The van der Waals surface area contributed by atoms with Crippen LogP contribution in [0.1, 0.15) is 27.6 Å². The molecule has 4 aliphatic rings. The standard InChI is InChI=1S/C33H29Cl2F2N5O2/c1-2-20-24(34)8-7-18-5-3-6-21(25(18)20)28-27(37)29-22(14-38-28)31(42-11-12-43-16-23-26(35)30(23)42)40-32(39-29)44-17-33-9-4-10-41(33)15-19(36)13-33/h1,3,5-8,14,19,23,26,30H,4,9-13,15-17H2/t19-,23+,26+,30+,33+/m1/s1/i17D2. The van der Waals surface area contributed by atoms with E-state index in [-0.39, 0.29) is 47.5 Å². The zero-order valence-corrected chi connectivity index (χ0v) is 25.1. The average Bonchev–Trinajstić information content (AvgIpc) is 3.39. The number of ether oxygens (including phenoxy) is 2. The fourth-order valence-electron chi connectivity index (χ4n) is 7.25. The summed E-state index contributed by atoms with van der Waals surface area (Å²) in [5.74, 6) is 2.24. The van der Waals surface area contributed by atoms with E-state index in [1.165, 1.54) is 6.20 Å². The molecule has 44 heavy (non-hydrogen) atoms. The second-order valence-corrected chi connectivity index (χ2v) is 12.8. The third-order valence-corrected chi connectivity index (χ3v) is 10.3. The minimum absolute atomic E-state index is 0.00850. The largest absolute Gasteiger partial charge is 0.461 e. The van der Waals surface area contributed by atoms with Crippen molar-refractivity contribution in [2.45, 2.75) is 42.4 Å². The molecule has 0 N–H and O–H groups in total. The molecule has 1 aliphatic carbocycles. The van der Waals surface area contributed by atoms with Gasteiger partial charge in [-0.05, 0) is 30.8 Å². The third kappa shape index (κ3) is 4.41. The van der Waals surface area contributed by atoms with Gasteiger partial charge in [0.15, 0.2) is 5.82 Å². The van der Waals surface area contributed by atoms with Crippen LogP contribution in [-0.2, 0) is 4.74 Å². The smallest absolute Gasteiger partial charge is 0.319 e. The first-order valence-electron chi connectivity index (χ1n) is 15.7. The molecule has 4 aromatic rings. The molecule has 0 bridgehead atoms. The highest BCUT2D eigenvalue weighted by molar-refractivity contribution is 6.33. The predicted molar refractivity (Wildman–Crippen MR) is 167 cm³/mol. The maximum atomic E-state index is 16.9. The average molecular weight is 639 g/mol. The molecular weight excluding hydrogens is 607 g/mol. The van der Waals surface area contributed by atoms with Crippen LogP contribution in [0.5, 0.6) is 6.01 Å². The van der Waals surface area contributed by atoms with E-state index in [4.69, 9.17) is 41.8 Å². The molecule has 0 radical (unpaired) electrons. The molecule has 8 rings (SSSR count). The minimum Gasteiger partial charge on any atom is -0.461 e. The number of pyridine rings is 1. The summed E-state index contributed by atoms with van der Waals surface area (Å²) in [4.78, 5) is 17.5. The summed E-state index contributed by atoms with van der Waals surface area (Å²) in [5.41, 5.74) is -0.453. The molecule has 0 amide bonds. The molecule has 0 spiro atoms. The van der Waals surface area contributed by atoms with Crippen LogP contribution in [-0.4, -0.2) is 82.4 Å². The summed E-state index contributed by atoms with van der Waals surface area (Å²) in [7, 11) is 0. The number of hydrogen-bond acceptors (Lipinski definition) is 7. The van der Waals surface area contributed by atoms with Crippen molar-refractivity contribution in [1.82, 2.24) is 19.9 Å². The van der Waals surface area contributed by atoms with Crippen molar-refractivity contribution in [2.24, 2.45) is 5.92 Å². The molecule has 2 aromatic heterocycles. The molecule has 226 valence electrons. The molecule has 3 saturated heterocycles. The van der Waals surface area contributed by atoms with Gasteiger partial charge in [0.25, 0.3) is 0 Å². The van der Waals surface area contributed by atoms with Gasteiger partial charge >= 0.3 is 6.01 Å². The fraction of sp³-hybridized carbons (Fsp3) is 0.424. The Bertz CT molecular complexity index is 1950. The van der Waals surface area contributed by atoms with Crippen molar-refractivity contribution in [3.05, 3.63) is 52.9 Å². The summed E-state index contributed by atoms with van der Waals surface area (Å²) in [6, 6.07) is 8.38. The van der Waals surface area contributed by atoms with Crippen LogP contribution in [0.3, 0.4) is 0 Å². The summed E-state index contributed by atoms with van der Waals surface area (Å²) in [6.45, 7) is -0.354. The van der Waals surface area contributed by atoms with Crippen LogP contribution >= 0.6 is 23.2 Å². The number of rotatable bonds is 5. The van der Waals surface area contributed by atoms with Gasteiger partial charge in [0.2, 0.25) is 0 Å². The lowest BCUT2D eigenvalue weighted by molar-refractivity contribution is 0.107. The zero-order valence-electron chi connectivity index (χ0n) is 25.6. The molecule has 4 fully saturated rings.